The number of hydrazine groups is 2. The number of aromatic nitrogens is 4. The summed E-state index contributed by atoms with van der Waals surface area (Å²) in [5.41, 5.74) is 8.38. The van der Waals surface area contributed by atoms with E-state index in [0.717, 1.165) is 56.8 Å². The Bertz CT molecular complexity index is 1450. The highest BCUT2D eigenvalue weighted by atomic mass is 16.1. The van der Waals surface area contributed by atoms with Gasteiger partial charge in [0.1, 0.15) is 22.6 Å². The number of amidine groups is 1. The molecule has 0 spiro atoms. The number of hydrogen-bond acceptors (Lipinski definition) is 12. The number of rotatable bonds is 6. The molecule has 202 valence electrons. The molecule has 0 aliphatic carbocycles. The van der Waals surface area contributed by atoms with Crippen molar-refractivity contribution in [3.8, 4) is 6.07 Å². The largest absolute Gasteiger partial charge is 0.341 e. The fourth-order valence-corrected chi connectivity index (χ4v) is 5.42. The van der Waals surface area contributed by atoms with Gasteiger partial charge in [0.15, 0.2) is 0 Å². The topological polar surface area (TPSA) is 153 Å². The number of fused-ring (bicyclic) bond motifs is 1. The Labute approximate surface area is 225 Å². The van der Waals surface area contributed by atoms with Crippen molar-refractivity contribution in [1.82, 2.24) is 41.1 Å². The van der Waals surface area contributed by atoms with Crippen molar-refractivity contribution in [3.05, 3.63) is 46.4 Å². The van der Waals surface area contributed by atoms with Gasteiger partial charge in [-0.05, 0) is 56.5 Å². The monoisotopic (exact) mass is 528 g/mol. The Morgan fingerprint density at radius 2 is 1.85 bits per heavy atom. The first-order valence-electron chi connectivity index (χ1n) is 13.4. The van der Waals surface area contributed by atoms with Crippen LogP contribution in [0.1, 0.15) is 31.2 Å². The molecule has 39 heavy (non-hydrogen) atoms. The molecule has 2 fully saturated rings. The van der Waals surface area contributed by atoms with Crippen LogP contribution in [-0.4, -0.2) is 69.2 Å². The van der Waals surface area contributed by atoms with Crippen LogP contribution in [0.15, 0.2) is 40.4 Å². The first-order valence-corrected chi connectivity index (χ1v) is 13.4. The van der Waals surface area contributed by atoms with Crippen molar-refractivity contribution in [1.29, 1.82) is 5.26 Å². The quantitative estimate of drug-likeness (QED) is 0.369. The summed E-state index contributed by atoms with van der Waals surface area (Å²) >= 11 is 0. The summed E-state index contributed by atoms with van der Waals surface area (Å²) in [5, 5.41) is 25.5. The maximum absolute atomic E-state index is 12.6. The van der Waals surface area contributed by atoms with Crippen LogP contribution in [0, 0.1) is 23.2 Å². The van der Waals surface area contributed by atoms with Gasteiger partial charge < -0.3 is 10.2 Å². The molecule has 0 radical (unpaired) electrons. The minimum atomic E-state index is -0.342. The van der Waals surface area contributed by atoms with Gasteiger partial charge in [-0.2, -0.15) is 15.3 Å². The van der Waals surface area contributed by atoms with Gasteiger partial charge in [-0.1, -0.05) is 12.1 Å². The zero-order chi connectivity index (χ0) is 26.8. The van der Waals surface area contributed by atoms with E-state index in [2.05, 4.69) is 64.6 Å². The molecule has 0 saturated carbocycles. The van der Waals surface area contributed by atoms with E-state index in [1.54, 1.807) is 11.3 Å². The molecule has 3 aliphatic rings. The second kappa shape index (κ2) is 10.8. The van der Waals surface area contributed by atoms with Crippen LogP contribution >= 0.6 is 0 Å². The van der Waals surface area contributed by atoms with Crippen molar-refractivity contribution < 1.29 is 0 Å². The van der Waals surface area contributed by atoms with Crippen LogP contribution < -0.4 is 26.7 Å². The van der Waals surface area contributed by atoms with E-state index in [4.69, 9.17) is 4.98 Å². The Hall–Kier alpha value is -4.28. The van der Waals surface area contributed by atoms with E-state index >= 15 is 0 Å². The second-order valence-electron chi connectivity index (χ2n) is 10.4. The lowest BCUT2D eigenvalue weighted by molar-refractivity contribution is 0.195. The predicted octanol–water partition coefficient (Wildman–Crippen LogP) is 1.68. The summed E-state index contributed by atoms with van der Waals surface area (Å²) in [7, 11) is 1.91. The molecule has 13 heteroatoms. The maximum atomic E-state index is 12.6. The van der Waals surface area contributed by atoms with Gasteiger partial charge >= 0.3 is 0 Å². The Morgan fingerprint density at radius 3 is 2.54 bits per heavy atom. The lowest BCUT2D eigenvalue weighted by atomic mass is 9.95. The number of piperidine rings is 2. The number of aromatic amines is 1. The Balaban J connectivity index is 1.14. The van der Waals surface area contributed by atoms with E-state index in [1.807, 2.05) is 19.2 Å². The SMILES string of the molecule is CN1NN=C(C2CCN(Cc3ccc(Nc4nc(N5CCC(C#N)CC5)nc5cn[nH]c(=O)c45)cc3)CC2)N1. The fourth-order valence-electron chi connectivity index (χ4n) is 5.42. The highest BCUT2D eigenvalue weighted by Gasteiger charge is 2.27. The maximum Gasteiger partial charge on any atom is 0.277 e. The molecule has 6 rings (SSSR count). The van der Waals surface area contributed by atoms with Gasteiger partial charge in [-0.3, -0.25) is 15.1 Å². The molecular formula is C26H32N12O. The normalized spacial score (nSPS) is 19.4. The van der Waals surface area contributed by atoms with Crippen LogP contribution in [0.4, 0.5) is 17.5 Å². The highest BCUT2D eigenvalue weighted by Crippen LogP contribution is 2.27. The molecule has 0 amide bonds. The van der Waals surface area contributed by atoms with E-state index in [1.165, 1.54) is 5.56 Å². The van der Waals surface area contributed by atoms with E-state index in [9.17, 15) is 10.1 Å². The highest BCUT2D eigenvalue weighted by molar-refractivity contribution is 5.90. The zero-order valence-corrected chi connectivity index (χ0v) is 21.9. The molecule has 2 saturated heterocycles. The molecule has 5 heterocycles. The molecule has 2 aromatic heterocycles. The molecule has 0 bridgehead atoms. The second-order valence-corrected chi connectivity index (χ2v) is 10.4. The molecule has 13 nitrogen and oxygen atoms in total. The van der Waals surface area contributed by atoms with Crippen molar-refractivity contribution in [2.75, 3.05) is 43.4 Å². The summed E-state index contributed by atoms with van der Waals surface area (Å²) in [6.07, 6.45) is 5.23. The van der Waals surface area contributed by atoms with E-state index < -0.39 is 0 Å². The minimum Gasteiger partial charge on any atom is -0.341 e. The third-order valence-corrected chi connectivity index (χ3v) is 7.67. The Morgan fingerprint density at radius 1 is 1.08 bits per heavy atom. The van der Waals surface area contributed by atoms with Gasteiger partial charge in [0.2, 0.25) is 5.95 Å². The smallest absolute Gasteiger partial charge is 0.277 e. The van der Waals surface area contributed by atoms with Crippen molar-refractivity contribution in [2.24, 2.45) is 16.9 Å². The van der Waals surface area contributed by atoms with Gasteiger partial charge in [0.25, 0.3) is 5.56 Å². The number of likely N-dealkylation sites (tertiary alicyclic amines) is 1. The van der Waals surface area contributed by atoms with Crippen molar-refractivity contribution in [2.45, 2.75) is 32.2 Å². The first kappa shape index (κ1) is 25.0. The van der Waals surface area contributed by atoms with Gasteiger partial charge in [-0.25, -0.2) is 15.6 Å². The number of hydrogen-bond donors (Lipinski definition) is 4. The van der Waals surface area contributed by atoms with Crippen LogP contribution in [0.2, 0.25) is 0 Å². The number of nitriles is 1. The third kappa shape index (κ3) is 5.47. The number of nitrogens with zero attached hydrogens (tertiary/aromatic N) is 8. The number of hydrazone groups is 1. The van der Waals surface area contributed by atoms with Crippen LogP contribution in [0.25, 0.3) is 10.9 Å². The third-order valence-electron chi connectivity index (χ3n) is 7.67. The summed E-state index contributed by atoms with van der Waals surface area (Å²) in [4.78, 5) is 26.5. The molecule has 0 atom stereocenters. The summed E-state index contributed by atoms with van der Waals surface area (Å²) in [5.74, 6) is 2.52. The predicted molar refractivity (Wildman–Crippen MR) is 148 cm³/mol. The van der Waals surface area contributed by atoms with Crippen molar-refractivity contribution >= 4 is 34.2 Å². The van der Waals surface area contributed by atoms with Crippen LogP contribution in [0.5, 0.6) is 0 Å². The molecular weight excluding hydrogens is 496 g/mol. The first-order chi connectivity index (χ1) is 19.1. The standard InChI is InChI=1S/C26H32N12O/c1-36-34-23(32-35-36)19-8-10-37(11-9-19)16-18-2-4-20(5-3-18)29-24-22-21(15-28-33-25(22)39)30-26(31-24)38-12-6-17(14-27)7-13-38/h2-5,15,17,19,35H,6-13,16H2,1H3,(H,32,34)(H,33,39)(H,29,30,31). The van der Waals surface area contributed by atoms with Crippen LogP contribution in [-0.2, 0) is 6.54 Å². The van der Waals surface area contributed by atoms with Crippen LogP contribution in [0.3, 0.4) is 0 Å². The van der Waals surface area contributed by atoms with Gasteiger partial charge in [-0.15, -0.1) is 10.2 Å². The molecule has 1 aromatic carbocycles. The lowest BCUT2D eigenvalue weighted by Gasteiger charge is -2.31. The molecule has 3 aliphatic heterocycles. The van der Waals surface area contributed by atoms with E-state index in [0.29, 0.717) is 41.7 Å². The zero-order valence-electron chi connectivity index (χ0n) is 21.9. The summed E-state index contributed by atoms with van der Waals surface area (Å²) in [6.45, 7) is 4.32. The lowest BCUT2D eigenvalue weighted by Crippen LogP contribution is -2.43. The number of H-pyrrole nitrogens is 1. The number of benzene rings is 1. The average molecular weight is 529 g/mol. The molecule has 0 unspecified atom stereocenters. The number of anilines is 3. The van der Waals surface area contributed by atoms with E-state index in [-0.39, 0.29) is 11.5 Å². The summed E-state index contributed by atoms with van der Waals surface area (Å²) < 4.78 is 0. The van der Waals surface area contributed by atoms with Crippen molar-refractivity contribution in [3.63, 3.8) is 0 Å². The number of nitrogens with one attached hydrogen (secondary N) is 4. The van der Waals surface area contributed by atoms with Gasteiger partial charge in [0.05, 0.1) is 12.3 Å². The van der Waals surface area contributed by atoms with Gasteiger partial charge in [0, 0.05) is 44.2 Å². The minimum absolute atomic E-state index is 0.0618. The summed E-state index contributed by atoms with van der Waals surface area (Å²) in [6, 6.07) is 10.6. The fraction of sp³-hybridized carbons (Fsp3) is 0.462. The Kier molecular flexibility index (Phi) is 6.95. The molecule has 4 N–H and O–H groups in total. The molecule has 3 aromatic rings. The average Bonchev–Trinajstić information content (AvgIpc) is 3.40.